The van der Waals surface area contributed by atoms with Gasteiger partial charge >= 0.3 is 5.69 Å². The minimum absolute atomic E-state index is 0.177. The first-order valence-electron chi connectivity index (χ1n) is 7.53. The van der Waals surface area contributed by atoms with Gasteiger partial charge in [-0.05, 0) is 12.8 Å². The molecule has 2 aromatic heterocycles. The summed E-state index contributed by atoms with van der Waals surface area (Å²) in [6.45, 7) is 5.91. The van der Waals surface area contributed by atoms with Crippen LogP contribution in [0.15, 0.2) is 19.9 Å². The third kappa shape index (κ3) is 4.03. The van der Waals surface area contributed by atoms with Crippen LogP contribution in [0.4, 0.5) is 5.95 Å². The highest BCUT2D eigenvalue weighted by molar-refractivity contribution is 5.70. The third-order valence-corrected chi connectivity index (χ3v) is 3.18. The molecule has 3 N–H and O–H groups in total. The van der Waals surface area contributed by atoms with Gasteiger partial charge in [0, 0.05) is 13.1 Å². The monoisotopic (exact) mass is 307 g/mol. The van der Waals surface area contributed by atoms with Crippen LogP contribution < -0.4 is 11.2 Å². The van der Waals surface area contributed by atoms with Gasteiger partial charge in [-0.3, -0.25) is 19.8 Å². The first kappa shape index (κ1) is 15.9. The van der Waals surface area contributed by atoms with E-state index < -0.39 is 11.2 Å². The first-order chi connectivity index (χ1) is 10.6. The Morgan fingerprint density at radius 1 is 1.05 bits per heavy atom. The van der Waals surface area contributed by atoms with Crippen LogP contribution in [0.25, 0.3) is 11.2 Å². The van der Waals surface area contributed by atoms with Gasteiger partial charge < -0.3 is 4.98 Å². The summed E-state index contributed by atoms with van der Waals surface area (Å²) in [5.41, 5.74) is -0.764. The topological polar surface area (TPSA) is 122 Å². The van der Waals surface area contributed by atoms with Crippen molar-refractivity contribution >= 4 is 17.1 Å². The zero-order chi connectivity index (χ0) is 15.9. The number of aromatic amines is 3. The number of hydrogen-bond acceptors (Lipinski definition) is 5. The van der Waals surface area contributed by atoms with Gasteiger partial charge in [0.1, 0.15) is 0 Å². The maximum atomic E-state index is 11.6. The molecule has 0 amide bonds. The normalized spacial score (nSPS) is 11.5. The van der Waals surface area contributed by atoms with E-state index in [0.717, 1.165) is 38.8 Å². The second kappa shape index (κ2) is 7.53. The molecule has 9 nitrogen and oxygen atoms in total. The van der Waals surface area contributed by atoms with Gasteiger partial charge in [-0.25, -0.2) is 4.79 Å². The Morgan fingerprint density at radius 3 is 2.36 bits per heavy atom. The van der Waals surface area contributed by atoms with Crippen LogP contribution >= 0.6 is 0 Å². The predicted octanol–water partition coefficient (Wildman–Crippen LogP) is 1.84. The molecule has 0 atom stereocenters. The molecule has 2 heterocycles. The molecule has 0 spiro atoms. The first-order valence-corrected chi connectivity index (χ1v) is 7.53. The van der Waals surface area contributed by atoms with Gasteiger partial charge in [0.2, 0.25) is 0 Å². The molecule has 0 radical (unpaired) electrons. The average Bonchev–Trinajstić information content (AvgIpc) is 2.89. The molecule has 2 rings (SSSR count). The molecule has 0 aliphatic carbocycles. The van der Waals surface area contributed by atoms with E-state index in [1.165, 1.54) is 0 Å². The van der Waals surface area contributed by atoms with Gasteiger partial charge in [0.25, 0.3) is 11.5 Å². The molecule has 22 heavy (non-hydrogen) atoms. The number of rotatable bonds is 8. The van der Waals surface area contributed by atoms with Crippen molar-refractivity contribution in [1.29, 1.82) is 0 Å². The van der Waals surface area contributed by atoms with E-state index in [-0.39, 0.29) is 17.1 Å². The van der Waals surface area contributed by atoms with E-state index in [1.807, 2.05) is 5.01 Å². The summed E-state index contributed by atoms with van der Waals surface area (Å²) in [5, 5.41) is 10.1. The molecule has 9 heteroatoms. The molecule has 120 valence electrons. The van der Waals surface area contributed by atoms with Crippen molar-refractivity contribution in [3.63, 3.8) is 0 Å². The maximum Gasteiger partial charge on any atom is 0.327 e. The van der Waals surface area contributed by atoms with Crippen molar-refractivity contribution in [3.8, 4) is 0 Å². The highest BCUT2D eigenvalue weighted by atomic mass is 16.2. The summed E-state index contributed by atoms with van der Waals surface area (Å²) in [7, 11) is 0. The number of hydrogen-bond donors (Lipinski definition) is 3. The van der Waals surface area contributed by atoms with Crippen molar-refractivity contribution in [2.24, 2.45) is 10.3 Å². The quantitative estimate of drug-likeness (QED) is 0.508. The van der Waals surface area contributed by atoms with E-state index in [4.69, 9.17) is 0 Å². The fourth-order valence-electron chi connectivity index (χ4n) is 1.96. The number of aromatic nitrogens is 4. The Bertz CT molecular complexity index is 735. The molecule has 0 fully saturated rings. The minimum Gasteiger partial charge on any atom is -0.315 e. The van der Waals surface area contributed by atoms with Crippen molar-refractivity contribution in [2.45, 2.75) is 39.5 Å². The number of nitrogens with one attached hydrogen (secondary N) is 3. The second-order valence-electron chi connectivity index (χ2n) is 5.04. The molecular formula is C13H21N7O2. The minimum atomic E-state index is -0.597. The van der Waals surface area contributed by atoms with E-state index >= 15 is 0 Å². The van der Waals surface area contributed by atoms with Crippen LogP contribution in [0.1, 0.15) is 39.5 Å². The summed E-state index contributed by atoms with van der Waals surface area (Å²) in [6.07, 6.45) is 4.24. The Hall–Kier alpha value is -2.45. The highest BCUT2D eigenvalue weighted by Gasteiger charge is 2.07. The fraction of sp³-hybridized carbons (Fsp3) is 0.615. The standard InChI is InChI=1S/C13H21N7O2/c1-3-5-7-20(8-6-4-2)19-18-12-14-9-10(15-12)16-13(22)17-11(9)21/h3-8H2,1-2H3,(H3,14,15,16,17,21,22)/b19-18+. The summed E-state index contributed by atoms with van der Waals surface area (Å²) in [5.74, 6) is 0.195. The highest BCUT2D eigenvalue weighted by Crippen LogP contribution is 2.11. The smallest absolute Gasteiger partial charge is 0.315 e. The molecule has 0 bridgehead atoms. The van der Waals surface area contributed by atoms with Crippen molar-refractivity contribution in [1.82, 2.24) is 24.9 Å². The van der Waals surface area contributed by atoms with E-state index in [1.54, 1.807) is 0 Å². The molecule has 0 unspecified atom stereocenters. The van der Waals surface area contributed by atoms with Crippen molar-refractivity contribution in [3.05, 3.63) is 20.8 Å². The number of H-pyrrole nitrogens is 3. The molecule has 0 aliphatic heterocycles. The molecular weight excluding hydrogens is 286 g/mol. The Morgan fingerprint density at radius 2 is 1.73 bits per heavy atom. The Balaban J connectivity index is 2.17. The molecule has 0 saturated heterocycles. The SMILES string of the molecule is CCCCN(CCCC)/N=N/c1nc2[nH]c(=O)[nH]c(=O)c2[nH]1. The van der Waals surface area contributed by atoms with E-state index in [2.05, 4.69) is 44.1 Å². The Labute approximate surface area is 126 Å². The van der Waals surface area contributed by atoms with Gasteiger partial charge in [-0.2, -0.15) is 4.98 Å². The molecule has 0 saturated carbocycles. The van der Waals surface area contributed by atoms with Crippen LogP contribution in [0.2, 0.25) is 0 Å². The summed E-state index contributed by atoms with van der Waals surface area (Å²) in [4.78, 5) is 34.2. The average molecular weight is 307 g/mol. The lowest BCUT2D eigenvalue weighted by Crippen LogP contribution is -2.21. The van der Waals surface area contributed by atoms with Gasteiger partial charge in [-0.1, -0.05) is 37.0 Å². The summed E-state index contributed by atoms with van der Waals surface area (Å²) < 4.78 is 0. The molecule has 0 aromatic carbocycles. The summed E-state index contributed by atoms with van der Waals surface area (Å²) >= 11 is 0. The van der Waals surface area contributed by atoms with Crippen molar-refractivity contribution < 1.29 is 0 Å². The van der Waals surface area contributed by atoms with Gasteiger partial charge in [0.15, 0.2) is 11.2 Å². The Kier molecular flexibility index (Phi) is 5.45. The van der Waals surface area contributed by atoms with Crippen LogP contribution in [0.5, 0.6) is 0 Å². The molecule has 0 aliphatic rings. The molecule has 2 aromatic rings. The van der Waals surface area contributed by atoms with Crippen LogP contribution in [0, 0.1) is 0 Å². The largest absolute Gasteiger partial charge is 0.327 e. The zero-order valence-electron chi connectivity index (χ0n) is 12.8. The van der Waals surface area contributed by atoms with Crippen molar-refractivity contribution in [2.75, 3.05) is 13.1 Å². The predicted molar refractivity (Wildman–Crippen MR) is 83.2 cm³/mol. The summed E-state index contributed by atoms with van der Waals surface area (Å²) in [6, 6.07) is 0. The third-order valence-electron chi connectivity index (χ3n) is 3.18. The second-order valence-corrected chi connectivity index (χ2v) is 5.04. The zero-order valence-corrected chi connectivity index (χ0v) is 12.8. The van der Waals surface area contributed by atoms with Crippen LogP contribution in [-0.4, -0.2) is 38.0 Å². The van der Waals surface area contributed by atoms with Gasteiger partial charge in [0.05, 0.1) is 0 Å². The lowest BCUT2D eigenvalue weighted by molar-refractivity contribution is 0.261. The number of unbranched alkanes of at least 4 members (excludes halogenated alkanes) is 2. The lowest BCUT2D eigenvalue weighted by atomic mass is 10.3. The van der Waals surface area contributed by atoms with Gasteiger partial charge in [-0.15, -0.1) is 0 Å². The van der Waals surface area contributed by atoms with Crippen LogP contribution in [-0.2, 0) is 0 Å². The number of imidazole rings is 1. The van der Waals surface area contributed by atoms with Crippen LogP contribution in [0.3, 0.4) is 0 Å². The number of fused-ring (bicyclic) bond motifs is 1. The lowest BCUT2D eigenvalue weighted by Gasteiger charge is -2.16. The maximum absolute atomic E-state index is 11.6. The fourth-order valence-corrected chi connectivity index (χ4v) is 1.96. The van der Waals surface area contributed by atoms with E-state index in [9.17, 15) is 9.59 Å². The number of nitrogens with zero attached hydrogens (tertiary/aromatic N) is 4. The van der Waals surface area contributed by atoms with E-state index in [0.29, 0.717) is 0 Å².